The Balaban J connectivity index is 2.89. The SMILES string of the molecule is C[SiH](C)C(=Cc1ccccc1)C(F)(F)C(F)CCCC(F)(F)F. The Morgan fingerprint density at radius 1 is 1.09 bits per heavy atom. The fourth-order valence-electron chi connectivity index (χ4n) is 2.22. The van der Waals surface area contributed by atoms with Crippen molar-refractivity contribution in [3.8, 4) is 0 Å². The summed E-state index contributed by atoms with van der Waals surface area (Å²) in [5.74, 6) is -3.73. The fraction of sp³-hybridized carbons (Fsp3) is 0.500. The molecule has 0 aliphatic carbocycles. The number of allylic oxidation sites excluding steroid dienone is 1. The summed E-state index contributed by atoms with van der Waals surface area (Å²) in [6.45, 7) is 3.29. The van der Waals surface area contributed by atoms with Gasteiger partial charge in [0.25, 0.3) is 5.92 Å². The van der Waals surface area contributed by atoms with Gasteiger partial charge in [-0.1, -0.05) is 49.5 Å². The molecule has 0 spiro atoms. The standard InChI is InChI=1S/C16H20F6Si/c1-23(2)14(11-12-7-4-3-5-8-12)16(21,22)13(17)9-6-10-15(18,19)20/h3-5,7-8,11,13,23H,6,9-10H2,1-2H3. The van der Waals surface area contributed by atoms with Gasteiger partial charge in [-0.25, -0.2) is 4.39 Å². The molecule has 0 N–H and O–H groups in total. The Morgan fingerprint density at radius 3 is 2.13 bits per heavy atom. The topological polar surface area (TPSA) is 0 Å². The van der Waals surface area contributed by atoms with Gasteiger partial charge < -0.3 is 0 Å². The second kappa shape index (κ2) is 8.03. The van der Waals surface area contributed by atoms with Crippen LogP contribution in [-0.4, -0.2) is 27.1 Å². The van der Waals surface area contributed by atoms with Crippen LogP contribution in [0.15, 0.2) is 35.5 Å². The predicted octanol–water partition coefficient (Wildman–Crippen LogP) is 5.80. The van der Waals surface area contributed by atoms with Crippen LogP contribution in [0, 0.1) is 0 Å². The molecule has 0 bridgehead atoms. The highest BCUT2D eigenvalue weighted by Crippen LogP contribution is 2.36. The van der Waals surface area contributed by atoms with E-state index in [1.807, 2.05) is 0 Å². The third kappa shape index (κ3) is 6.41. The number of halogens is 6. The second-order valence-corrected chi connectivity index (χ2v) is 8.69. The van der Waals surface area contributed by atoms with Crippen molar-refractivity contribution >= 4 is 14.9 Å². The highest BCUT2D eigenvalue weighted by Gasteiger charge is 2.44. The van der Waals surface area contributed by atoms with E-state index in [0.29, 0.717) is 5.56 Å². The molecule has 0 saturated heterocycles. The first kappa shape index (κ1) is 19.8. The zero-order chi connectivity index (χ0) is 17.7. The van der Waals surface area contributed by atoms with Crippen LogP contribution < -0.4 is 0 Å². The Morgan fingerprint density at radius 2 is 1.65 bits per heavy atom. The van der Waals surface area contributed by atoms with Gasteiger partial charge in [-0.2, -0.15) is 22.0 Å². The molecule has 0 amide bonds. The molecule has 0 saturated carbocycles. The lowest BCUT2D eigenvalue weighted by molar-refractivity contribution is -0.137. The van der Waals surface area contributed by atoms with Crippen molar-refractivity contribution in [2.24, 2.45) is 0 Å². The van der Waals surface area contributed by atoms with E-state index in [0.717, 1.165) is 0 Å². The van der Waals surface area contributed by atoms with E-state index in [1.165, 1.54) is 6.08 Å². The molecule has 0 aliphatic rings. The first-order valence-corrected chi connectivity index (χ1v) is 10.3. The van der Waals surface area contributed by atoms with Crippen LogP contribution in [-0.2, 0) is 0 Å². The minimum atomic E-state index is -4.45. The van der Waals surface area contributed by atoms with Crippen LogP contribution in [0.2, 0.25) is 13.1 Å². The summed E-state index contributed by atoms with van der Waals surface area (Å²) < 4.78 is 78.8. The van der Waals surface area contributed by atoms with Gasteiger partial charge in [-0.3, -0.25) is 0 Å². The highest BCUT2D eigenvalue weighted by molar-refractivity contribution is 6.65. The molecule has 1 aromatic carbocycles. The van der Waals surface area contributed by atoms with Crippen molar-refractivity contribution in [2.75, 3.05) is 0 Å². The maximum atomic E-state index is 14.3. The Bertz CT molecular complexity index is 507. The molecule has 1 unspecified atom stereocenters. The largest absolute Gasteiger partial charge is 0.389 e. The summed E-state index contributed by atoms with van der Waals surface area (Å²) in [4.78, 5) is 0. The molecule has 7 heteroatoms. The lowest BCUT2D eigenvalue weighted by Gasteiger charge is -2.26. The number of rotatable bonds is 7. The van der Waals surface area contributed by atoms with Crippen LogP contribution in [0.5, 0.6) is 0 Å². The maximum Gasteiger partial charge on any atom is 0.389 e. The third-order valence-electron chi connectivity index (χ3n) is 3.44. The van der Waals surface area contributed by atoms with Crippen LogP contribution in [0.25, 0.3) is 6.08 Å². The average Bonchev–Trinajstić information content (AvgIpc) is 2.43. The van der Waals surface area contributed by atoms with Crippen LogP contribution in [0.3, 0.4) is 0 Å². The quantitative estimate of drug-likeness (QED) is 0.429. The zero-order valence-corrected chi connectivity index (χ0v) is 14.2. The Hall–Kier alpha value is -1.24. The van der Waals surface area contributed by atoms with Gasteiger partial charge in [0.05, 0.1) is 8.80 Å². The summed E-state index contributed by atoms with van der Waals surface area (Å²) in [5, 5.41) is -0.275. The first-order valence-electron chi connectivity index (χ1n) is 7.40. The van der Waals surface area contributed by atoms with Crippen LogP contribution in [0.1, 0.15) is 24.8 Å². The Kier molecular flexibility index (Phi) is 6.92. The van der Waals surface area contributed by atoms with Gasteiger partial charge in [-0.05, 0) is 23.6 Å². The number of benzene rings is 1. The van der Waals surface area contributed by atoms with Crippen molar-refractivity contribution < 1.29 is 26.3 Å². The summed E-state index contributed by atoms with van der Waals surface area (Å²) in [7, 11) is -2.05. The molecule has 23 heavy (non-hydrogen) atoms. The van der Waals surface area contributed by atoms with Gasteiger partial charge >= 0.3 is 6.18 Å². The molecule has 0 nitrogen and oxygen atoms in total. The number of hydrogen-bond acceptors (Lipinski definition) is 0. The molecule has 1 aromatic rings. The van der Waals surface area contributed by atoms with E-state index >= 15 is 0 Å². The van der Waals surface area contributed by atoms with Gasteiger partial charge in [0.15, 0.2) is 6.17 Å². The van der Waals surface area contributed by atoms with Crippen molar-refractivity contribution in [3.05, 3.63) is 41.1 Å². The van der Waals surface area contributed by atoms with Gasteiger partial charge in [0.1, 0.15) is 0 Å². The summed E-state index contributed by atoms with van der Waals surface area (Å²) in [5.41, 5.74) is 0.533. The van der Waals surface area contributed by atoms with Gasteiger partial charge in [0.2, 0.25) is 0 Å². The predicted molar refractivity (Wildman–Crippen MR) is 83.0 cm³/mol. The molecule has 0 aromatic heterocycles. The monoisotopic (exact) mass is 354 g/mol. The zero-order valence-electron chi connectivity index (χ0n) is 13.0. The van der Waals surface area contributed by atoms with Gasteiger partial charge in [0, 0.05) is 6.42 Å². The molecule has 1 rings (SSSR count). The Labute approximate surface area is 133 Å². The van der Waals surface area contributed by atoms with E-state index in [4.69, 9.17) is 0 Å². The highest BCUT2D eigenvalue weighted by atomic mass is 28.3. The van der Waals surface area contributed by atoms with Crippen molar-refractivity contribution in [3.63, 3.8) is 0 Å². The number of hydrogen-bond donors (Lipinski definition) is 0. The van der Waals surface area contributed by atoms with Crippen molar-refractivity contribution in [1.82, 2.24) is 0 Å². The molecule has 0 radical (unpaired) electrons. The average molecular weight is 354 g/mol. The van der Waals surface area contributed by atoms with E-state index < -0.39 is 46.3 Å². The molecule has 0 aliphatic heterocycles. The van der Waals surface area contributed by atoms with E-state index in [2.05, 4.69) is 0 Å². The molecule has 0 fully saturated rings. The lowest BCUT2D eigenvalue weighted by atomic mass is 10.0. The second-order valence-electron chi connectivity index (χ2n) is 5.76. The van der Waals surface area contributed by atoms with Crippen LogP contribution >= 0.6 is 0 Å². The summed E-state index contributed by atoms with van der Waals surface area (Å²) in [6, 6.07) is 8.35. The van der Waals surface area contributed by atoms with Crippen LogP contribution in [0.4, 0.5) is 26.3 Å². The van der Waals surface area contributed by atoms with Crippen molar-refractivity contribution in [2.45, 2.75) is 50.6 Å². The molecular weight excluding hydrogens is 334 g/mol. The molecule has 130 valence electrons. The summed E-state index contributed by atoms with van der Waals surface area (Å²) >= 11 is 0. The molecular formula is C16H20F6Si. The normalized spacial score (nSPS) is 15.1. The summed E-state index contributed by atoms with van der Waals surface area (Å²) in [6.07, 6.45) is -8.48. The minimum absolute atomic E-state index is 0.275. The molecule has 0 heterocycles. The van der Waals surface area contributed by atoms with E-state index in [1.54, 1.807) is 43.4 Å². The lowest BCUT2D eigenvalue weighted by Crippen LogP contribution is -2.37. The first-order chi connectivity index (χ1) is 10.5. The molecule has 1 atom stereocenters. The van der Waals surface area contributed by atoms with Crippen molar-refractivity contribution in [1.29, 1.82) is 0 Å². The maximum absolute atomic E-state index is 14.3. The third-order valence-corrected chi connectivity index (χ3v) is 5.24. The minimum Gasteiger partial charge on any atom is -0.240 e. The fourth-order valence-corrected chi connectivity index (χ4v) is 3.70. The number of alkyl halides is 6. The smallest absolute Gasteiger partial charge is 0.240 e. The van der Waals surface area contributed by atoms with E-state index in [9.17, 15) is 26.3 Å². The van der Waals surface area contributed by atoms with Gasteiger partial charge in [-0.15, -0.1) is 0 Å². The van der Waals surface area contributed by atoms with E-state index in [-0.39, 0.29) is 5.20 Å².